The van der Waals surface area contributed by atoms with Crippen molar-refractivity contribution in [3.05, 3.63) is 72.6 Å². The third kappa shape index (κ3) is 6.19. The van der Waals surface area contributed by atoms with Gasteiger partial charge in [-0.25, -0.2) is 0 Å². The zero-order valence-electron chi connectivity index (χ0n) is 17.0. The van der Waals surface area contributed by atoms with E-state index in [1.807, 2.05) is 43.3 Å². The van der Waals surface area contributed by atoms with Crippen LogP contribution in [-0.4, -0.2) is 44.5 Å². The average Bonchev–Trinajstić information content (AvgIpc) is 3.09. The third-order valence-electron chi connectivity index (χ3n) is 5.10. The Balaban J connectivity index is 1.50. The summed E-state index contributed by atoms with van der Waals surface area (Å²) in [5.74, 6) is -0.141. The molecule has 3 rings (SSSR count). The molecular formula is C24H28NO3Se. The molecule has 3 atom stereocenters. The van der Waals surface area contributed by atoms with Gasteiger partial charge in [0.25, 0.3) is 0 Å². The normalized spacial score (nSPS) is 18.3. The molecule has 153 valence electrons. The Bertz CT molecular complexity index is 796. The van der Waals surface area contributed by atoms with Gasteiger partial charge in [-0.15, -0.1) is 0 Å². The first-order chi connectivity index (χ1) is 14.0. The van der Waals surface area contributed by atoms with Crippen molar-refractivity contribution in [2.45, 2.75) is 38.1 Å². The molecule has 0 saturated carbocycles. The summed E-state index contributed by atoms with van der Waals surface area (Å²) in [6.45, 7) is 4.29. The van der Waals surface area contributed by atoms with Crippen LogP contribution in [0, 0.1) is 18.3 Å². The number of carbonyl (C=O) groups is 2. The second-order valence-corrected chi connectivity index (χ2v) is 9.99. The molecule has 1 saturated heterocycles. The van der Waals surface area contributed by atoms with Gasteiger partial charge in [-0.3, -0.25) is 0 Å². The summed E-state index contributed by atoms with van der Waals surface area (Å²) in [5.41, 5.74) is 1.10. The number of carbonyl (C=O) groups excluding carboxylic acids is 2. The number of ether oxygens (including phenoxy) is 1. The van der Waals surface area contributed by atoms with Crippen LogP contribution >= 0.6 is 0 Å². The summed E-state index contributed by atoms with van der Waals surface area (Å²) in [6.07, 6.45) is 3.23. The molecular weight excluding hydrogens is 429 g/mol. The van der Waals surface area contributed by atoms with Crippen LogP contribution in [0.4, 0.5) is 4.79 Å². The number of nitrogens with zero attached hydrogens (tertiary/aromatic N) is 1. The summed E-state index contributed by atoms with van der Waals surface area (Å²) in [7, 11) is 0. The molecule has 0 bridgehead atoms. The van der Waals surface area contributed by atoms with Crippen molar-refractivity contribution >= 4 is 31.4 Å². The monoisotopic (exact) mass is 458 g/mol. The van der Waals surface area contributed by atoms with Crippen molar-refractivity contribution in [2.24, 2.45) is 11.8 Å². The van der Waals surface area contributed by atoms with Gasteiger partial charge in [0.2, 0.25) is 0 Å². The Morgan fingerprint density at radius 1 is 1.14 bits per heavy atom. The number of hydrogen-bond acceptors (Lipinski definition) is 3. The van der Waals surface area contributed by atoms with E-state index in [1.165, 1.54) is 9.36 Å². The molecule has 0 aromatic heterocycles. The van der Waals surface area contributed by atoms with Crippen LogP contribution < -0.4 is 4.46 Å². The summed E-state index contributed by atoms with van der Waals surface area (Å²) in [6, 6.07) is 20.2. The molecule has 1 aliphatic rings. The van der Waals surface area contributed by atoms with Gasteiger partial charge >= 0.3 is 174 Å². The molecule has 29 heavy (non-hydrogen) atoms. The third-order valence-corrected chi connectivity index (χ3v) is 7.30. The van der Waals surface area contributed by atoms with E-state index in [9.17, 15) is 9.59 Å². The van der Waals surface area contributed by atoms with E-state index < -0.39 is 6.09 Å². The topological polar surface area (TPSA) is 46.6 Å². The van der Waals surface area contributed by atoms with Crippen molar-refractivity contribution < 1.29 is 14.3 Å². The van der Waals surface area contributed by atoms with Crippen LogP contribution in [0.5, 0.6) is 0 Å². The van der Waals surface area contributed by atoms with Crippen LogP contribution in [0.2, 0.25) is 5.32 Å². The van der Waals surface area contributed by atoms with E-state index >= 15 is 0 Å². The van der Waals surface area contributed by atoms with E-state index in [1.54, 1.807) is 0 Å². The van der Waals surface area contributed by atoms with Crippen molar-refractivity contribution in [1.82, 2.24) is 4.90 Å². The number of rotatable bonds is 9. The molecule has 1 aliphatic heterocycles. The fraction of sp³-hybridized carbons (Fsp3) is 0.375. The molecule has 4 nitrogen and oxygen atoms in total. The fourth-order valence-electron chi connectivity index (χ4n) is 3.54. The van der Waals surface area contributed by atoms with E-state index in [2.05, 4.69) is 37.6 Å². The van der Waals surface area contributed by atoms with E-state index in [0.29, 0.717) is 27.3 Å². The zero-order valence-corrected chi connectivity index (χ0v) is 18.7. The van der Waals surface area contributed by atoms with Gasteiger partial charge in [-0.2, -0.15) is 0 Å². The molecule has 1 radical (unpaired) electrons. The Labute approximate surface area is 179 Å². The predicted molar refractivity (Wildman–Crippen MR) is 116 cm³/mol. The van der Waals surface area contributed by atoms with Crippen molar-refractivity contribution in [1.29, 1.82) is 0 Å². The van der Waals surface area contributed by atoms with Crippen LogP contribution in [0.1, 0.15) is 25.8 Å². The summed E-state index contributed by atoms with van der Waals surface area (Å²) in [5, 5.41) is 1.14. The van der Waals surface area contributed by atoms with Crippen molar-refractivity contribution in [3.8, 4) is 0 Å². The van der Waals surface area contributed by atoms with Gasteiger partial charge in [-0.05, 0) is 0 Å². The average molecular weight is 457 g/mol. The molecule has 0 unspecified atom stereocenters. The molecule has 5 heteroatoms. The molecule has 1 heterocycles. The molecule has 0 N–H and O–H groups in total. The standard InChI is InChI=1S/C24H28NO3Se/c1-18(13-14-29-22-11-7-4-8-12-22)15-19(2)23(26)25-21(17-28-24(25)27)16-20-9-5-3-6-10-20/h3-12,15,18-19,21H,13-14,16-17H2,1-2H3/t18-,19+,21-/m1/s1. The van der Waals surface area contributed by atoms with Crippen LogP contribution in [-0.2, 0) is 16.0 Å². The molecule has 0 spiro atoms. The van der Waals surface area contributed by atoms with Crippen molar-refractivity contribution in [3.63, 3.8) is 0 Å². The minimum absolute atomic E-state index is 0.158. The van der Waals surface area contributed by atoms with Crippen molar-refractivity contribution in [2.75, 3.05) is 6.61 Å². The number of cyclic esters (lactones) is 1. The Morgan fingerprint density at radius 2 is 1.79 bits per heavy atom. The van der Waals surface area contributed by atoms with E-state index in [4.69, 9.17) is 4.74 Å². The first kappa shape index (κ1) is 21.6. The summed E-state index contributed by atoms with van der Waals surface area (Å²) >= 11 is 0.455. The zero-order chi connectivity index (χ0) is 20.6. The van der Waals surface area contributed by atoms with Gasteiger partial charge in [0.05, 0.1) is 0 Å². The molecule has 1 fully saturated rings. The first-order valence-corrected chi connectivity index (χ1v) is 12.2. The molecule has 0 aliphatic carbocycles. The SMILES string of the molecule is C[C@@H]([CH][C@H](C)C(=O)N1C(=O)OC[C@H]1Cc1ccccc1)CC[Se]c1ccccc1. The van der Waals surface area contributed by atoms with Gasteiger partial charge < -0.3 is 0 Å². The number of benzene rings is 2. The van der Waals surface area contributed by atoms with Gasteiger partial charge in [0.15, 0.2) is 0 Å². The maximum absolute atomic E-state index is 13.0. The number of imide groups is 1. The number of amides is 2. The van der Waals surface area contributed by atoms with E-state index in [0.717, 1.165) is 17.3 Å². The predicted octanol–water partition coefficient (Wildman–Crippen LogP) is 3.89. The molecule has 2 aromatic carbocycles. The quantitative estimate of drug-likeness (QED) is 0.537. The minimum atomic E-state index is -0.517. The van der Waals surface area contributed by atoms with Gasteiger partial charge in [-0.1, -0.05) is 6.07 Å². The maximum atomic E-state index is 13.0. The Hall–Kier alpha value is -2.10. The van der Waals surface area contributed by atoms with E-state index in [-0.39, 0.29) is 24.5 Å². The fourth-order valence-corrected chi connectivity index (χ4v) is 5.79. The van der Waals surface area contributed by atoms with Gasteiger partial charge in [0.1, 0.15) is 0 Å². The van der Waals surface area contributed by atoms with Crippen LogP contribution in [0.25, 0.3) is 0 Å². The molecule has 2 amide bonds. The Morgan fingerprint density at radius 3 is 2.48 bits per heavy atom. The molecule has 2 aromatic rings. The van der Waals surface area contributed by atoms with Crippen LogP contribution in [0.3, 0.4) is 0 Å². The second-order valence-electron chi connectivity index (χ2n) is 7.54. The number of hydrogen-bond donors (Lipinski definition) is 0. The first-order valence-electron chi connectivity index (χ1n) is 10.1. The summed E-state index contributed by atoms with van der Waals surface area (Å²) in [4.78, 5) is 26.5. The Kier molecular flexibility index (Phi) is 7.91. The van der Waals surface area contributed by atoms with Crippen LogP contribution in [0.15, 0.2) is 60.7 Å². The van der Waals surface area contributed by atoms with Gasteiger partial charge in [0, 0.05) is 0 Å². The second kappa shape index (κ2) is 10.6. The summed E-state index contributed by atoms with van der Waals surface area (Å²) < 4.78 is 6.60.